The van der Waals surface area contributed by atoms with Crippen LogP contribution in [0.3, 0.4) is 0 Å². The molecular formula is C15H15NO3. The minimum atomic E-state index is -0.427. The summed E-state index contributed by atoms with van der Waals surface area (Å²) in [5.41, 5.74) is 3.46. The van der Waals surface area contributed by atoms with Gasteiger partial charge in [0, 0.05) is 6.07 Å². The summed E-state index contributed by atoms with van der Waals surface area (Å²) in [6.45, 7) is 4.47. The Bertz CT molecular complexity index is 588. The molecule has 0 fully saturated rings. The molecule has 19 heavy (non-hydrogen) atoms. The average molecular weight is 257 g/mol. The van der Waals surface area contributed by atoms with Gasteiger partial charge in [0.05, 0.1) is 11.0 Å². The number of hydrogen-bond acceptors (Lipinski definition) is 3. The summed E-state index contributed by atoms with van der Waals surface area (Å²) in [5, 5.41) is 10.7. The summed E-state index contributed by atoms with van der Waals surface area (Å²) >= 11 is 0. The molecule has 2 rings (SSSR count). The van der Waals surface area contributed by atoms with Crippen LogP contribution in [0.1, 0.15) is 16.7 Å². The summed E-state index contributed by atoms with van der Waals surface area (Å²) in [5.74, 6) is 0.508. The van der Waals surface area contributed by atoms with Gasteiger partial charge in [0.15, 0.2) is 0 Å². The Labute approximate surface area is 111 Å². The van der Waals surface area contributed by atoms with E-state index in [9.17, 15) is 10.1 Å². The van der Waals surface area contributed by atoms with E-state index in [-0.39, 0.29) is 5.69 Å². The predicted molar refractivity (Wildman–Crippen MR) is 73.3 cm³/mol. The first-order valence-electron chi connectivity index (χ1n) is 5.99. The molecule has 2 aromatic carbocycles. The second-order valence-electron chi connectivity index (χ2n) is 4.54. The van der Waals surface area contributed by atoms with Crippen LogP contribution in [0.2, 0.25) is 0 Å². The van der Waals surface area contributed by atoms with Gasteiger partial charge in [-0.05, 0) is 25.5 Å². The minimum absolute atomic E-state index is 0.0397. The lowest BCUT2D eigenvalue weighted by molar-refractivity contribution is -0.384. The van der Waals surface area contributed by atoms with E-state index >= 15 is 0 Å². The van der Waals surface area contributed by atoms with Crippen molar-refractivity contribution in [3.8, 4) is 5.75 Å². The SMILES string of the molecule is Cc1cc(C)cc(COc2cccc([N+](=O)[O-])c2)c1. The van der Waals surface area contributed by atoms with Crippen molar-refractivity contribution in [2.24, 2.45) is 0 Å². The second kappa shape index (κ2) is 5.52. The number of rotatable bonds is 4. The van der Waals surface area contributed by atoms with Gasteiger partial charge >= 0.3 is 0 Å². The number of nitro benzene ring substituents is 1. The third-order valence-corrected chi connectivity index (χ3v) is 2.72. The molecule has 0 aliphatic carbocycles. The molecule has 0 amide bonds. The maximum Gasteiger partial charge on any atom is 0.273 e. The van der Waals surface area contributed by atoms with Crippen LogP contribution in [0, 0.1) is 24.0 Å². The first-order valence-corrected chi connectivity index (χ1v) is 5.99. The molecule has 98 valence electrons. The van der Waals surface area contributed by atoms with E-state index in [0.29, 0.717) is 12.4 Å². The maximum absolute atomic E-state index is 10.7. The lowest BCUT2D eigenvalue weighted by Gasteiger charge is -2.08. The van der Waals surface area contributed by atoms with Gasteiger partial charge in [-0.3, -0.25) is 10.1 Å². The van der Waals surface area contributed by atoms with Crippen LogP contribution in [0.4, 0.5) is 5.69 Å². The summed E-state index contributed by atoms with van der Waals surface area (Å²) in [7, 11) is 0. The van der Waals surface area contributed by atoms with Crippen molar-refractivity contribution < 1.29 is 9.66 Å². The smallest absolute Gasteiger partial charge is 0.273 e. The van der Waals surface area contributed by atoms with Gasteiger partial charge in [-0.25, -0.2) is 0 Å². The molecule has 0 aliphatic heterocycles. The summed E-state index contributed by atoms with van der Waals surface area (Å²) in [6.07, 6.45) is 0. The van der Waals surface area contributed by atoms with E-state index in [1.165, 1.54) is 23.3 Å². The Morgan fingerprint density at radius 2 is 1.79 bits per heavy atom. The van der Waals surface area contributed by atoms with Gasteiger partial charge in [-0.1, -0.05) is 35.4 Å². The Hall–Kier alpha value is -2.36. The topological polar surface area (TPSA) is 52.4 Å². The highest BCUT2D eigenvalue weighted by Gasteiger charge is 2.06. The van der Waals surface area contributed by atoms with E-state index in [1.54, 1.807) is 12.1 Å². The van der Waals surface area contributed by atoms with Crippen LogP contribution in [-0.2, 0) is 6.61 Å². The molecule has 0 unspecified atom stereocenters. The highest BCUT2D eigenvalue weighted by Crippen LogP contribution is 2.20. The molecule has 0 bridgehead atoms. The summed E-state index contributed by atoms with van der Waals surface area (Å²) < 4.78 is 5.59. The van der Waals surface area contributed by atoms with Crippen molar-refractivity contribution >= 4 is 5.69 Å². The van der Waals surface area contributed by atoms with Gasteiger partial charge in [0.2, 0.25) is 0 Å². The molecule has 0 aromatic heterocycles. The predicted octanol–water partition coefficient (Wildman–Crippen LogP) is 3.79. The number of hydrogen-bond donors (Lipinski definition) is 0. The van der Waals surface area contributed by atoms with E-state index in [1.807, 2.05) is 26.0 Å². The number of nitro groups is 1. The van der Waals surface area contributed by atoms with Crippen LogP contribution in [0.15, 0.2) is 42.5 Å². The van der Waals surface area contributed by atoms with Crippen molar-refractivity contribution in [3.05, 3.63) is 69.3 Å². The molecule has 4 nitrogen and oxygen atoms in total. The van der Waals surface area contributed by atoms with Crippen LogP contribution < -0.4 is 4.74 Å². The van der Waals surface area contributed by atoms with Gasteiger partial charge in [0.1, 0.15) is 12.4 Å². The minimum Gasteiger partial charge on any atom is -0.489 e. The van der Waals surface area contributed by atoms with Crippen molar-refractivity contribution in [1.29, 1.82) is 0 Å². The summed E-state index contributed by atoms with van der Waals surface area (Å²) in [6, 6.07) is 12.4. The van der Waals surface area contributed by atoms with E-state index in [4.69, 9.17) is 4.74 Å². The quantitative estimate of drug-likeness (QED) is 0.618. The number of aryl methyl sites for hydroxylation is 2. The van der Waals surface area contributed by atoms with Gasteiger partial charge in [-0.15, -0.1) is 0 Å². The normalized spacial score (nSPS) is 10.2. The van der Waals surface area contributed by atoms with Crippen LogP contribution in [0.5, 0.6) is 5.75 Å². The zero-order chi connectivity index (χ0) is 13.8. The summed E-state index contributed by atoms with van der Waals surface area (Å²) in [4.78, 5) is 10.2. The van der Waals surface area contributed by atoms with Gasteiger partial charge in [0.25, 0.3) is 5.69 Å². The number of nitrogens with zero attached hydrogens (tertiary/aromatic N) is 1. The zero-order valence-electron chi connectivity index (χ0n) is 10.9. The van der Waals surface area contributed by atoms with Crippen molar-refractivity contribution in [2.75, 3.05) is 0 Å². The molecular weight excluding hydrogens is 242 g/mol. The second-order valence-corrected chi connectivity index (χ2v) is 4.54. The van der Waals surface area contributed by atoms with Crippen molar-refractivity contribution in [1.82, 2.24) is 0 Å². The highest BCUT2D eigenvalue weighted by molar-refractivity contribution is 5.38. The third kappa shape index (κ3) is 3.55. The van der Waals surface area contributed by atoms with Crippen LogP contribution >= 0.6 is 0 Å². The molecule has 0 spiro atoms. The number of benzene rings is 2. The Kier molecular flexibility index (Phi) is 3.80. The standard InChI is InChI=1S/C15H15NO3/c1-11-6-12(2)8-13(7-11)10-19-15-5-3-4-14(9-15)16(17)18/h3-9H,10H2,1-2H3. The van der Waals surface area contributed by atoms with Crippen LogP contribution in [-0.4, -0.2) is 4.92 Å². The van der Waals surface area contributed by atoms with E-state index in [2.05, 4.69) is 6.07 Å². The highest BCUT2D eigenvalue weighted by atomic mass is 16.6. The molecule has 0 aliphatic rings. The molecule has 0 heterocycles. The number of non-ortho nitro benzene ring substituents is 1. The monoisotopic (exact) mass is 257 g/mol. The molecule has 4 heteroatoms. The first kappa shape index (κ1) is 13.1. The first-order chi connectivity index (χ1) is 9.04. The fourth-order valence-electron chi connectivity index (χ4n) is 2.01. The third-order valence-electron chi connectivity index (χ3n) is 2.72. The Balaban J connectivity index is 2.10. The molecule has 0 atom stereocenters. The molecule has 2 aromatic rings. The lowest BCUT2D eigenvalue weighted by Crippen LogP contribution is -1.97. The Morgan fingerprint density at radius 3 is 2.42 bits per heavy atom. The molecule has 0 radical (unpaired) electrons. The van der Waals surface area contributed by atoms with Gasteiger partial charge < -0.3 is 4.74 Å². The van der Waals surface area contributed by atoms with Crippen LogP contribution in [0.25, 0.3) is 0 Å². The van der Waals surface area contributed by atoms with Crippen molar-refractivity contribution in [2.45, 2.75) is 20.5 Å². The van der Waals surface area contributed by atoms with E-state index in [0.717, 1.165) is 5.56 Å². The largest absolute Gasteiger partial charge is 0.489 e. The van der Waals surface area contributed by atoms with Crippen molar-refractivity contribution in [3.63, 3.8) is 0 Å². The van der Waals surface area contributed by atoms with E-state index < -0.39 is 4.92 Å². The zero-order valence-corrected chi connectivity index (χ0v) is 10.9. The number of ether oxygens (including phenoxy) is 1. The van der Waals surface area contributed by atoms with Gasteiger partial charge in [-0.2, -0.15) is 0 Å². The molecule has 0 saturated heterocycles. The Morgan fingerprint density at radius 1 is 1.11 bits per heavy atom. The molecule has 0 saturated carbocycles. The molecule has 0 N–H and O–H groups in total. The fourth-order valence-corrected chi connectivity index (χ4v) is 2.01. The average Bonchev–Trinajstić information content (AvgIpc) is 2.35. The lowest BCUT2D eigenvalue weighted by atomic mass is 10.1. The maximum atomic E-state index is 10.7. The fraction of sp³-hybridized carbons (Fsp3) is 0.200.